The lowest BCUT2D eigenvalue weighted by molar-refractivity contribution is 0.354. The third kappa shape index (κ3) is 3.64. The zero-order valence-corrected chi connectivity index (χ0v) is 13.5. The second-order valence-electron chi connectivity index (χ2n) is 5.98. The zero-order chi connectivity index (χ0) is 15.3. The molecule has 0 heterocycles. The molecule has 0 saturated carbocycles. The fourth-order valence-corrected chi connectivity index (χ4v) is 2.67. The van der Waals surface area contributed by atoms with Crippen LogP contribution in [0.2, 0.25) is 0 Å². The van der Waals surface area contributed by atoms with Crippen molar-refractivity contribution in [2.75, 3.05) is 27.7 Å². The van der Waals surface area contributed by atoms with E-state index in [1.807, 2.05) is 12.1 Å². The average molecular weight is 283 g/mol. The van der Waals surface area contributed by atoms with Gasteiger partial charge < -0.3 is 9.64 Å². The van der Waals surface area contributed by atoms with E-state index in [1.54, 1.807) is 7.11 Å². The minimum atomic E-state index is 0.0117. The molecule has 0 radical (unpaired) electrons. The molecule has 0 aliphatic carbocycles. The molecular formula is C19H25NO. The molecule has 2 rings (SSSR count). The van der Waals surface area contributed by atoms with Crippen LogP contribution in [0.15, 0.2) is 54.6 Å². The minimum Gasteiger partial charge on any atom is -0.497 e. The zero-order valence-electron chi connectivity index (χ0n) is 13.5. The van der Waals surface area contributed by atoms with Crippen molar-refractivity contribution in [3.8, 4) is 5.75 Å². The SMILES string of the molecule is COc1ccc([C@@](C)(CCN(C)C)c2ccccc2)cc1. The van der Waals surface area contributed by atoms with Crippen LogP contribution in [-0.4, -0.2) is 32.6 Å². The van der Waals surface area contributed by atoms with Gasteiger partial charge in [-0.3, -0.25) is 0 Å². The summed E-state index contributed by atoms with van der Waals surface area (Å²) >= 11 is 0. The molecule has 112 valence electrons. The van der Waals surface area contributed by atoms with Gasteiger partial charge in [0.2, 0.25) is 0 Å². The quantitative estimate of drug-likeness (QED) is 0.796. The van der Waals surface area contributed by atoms with Gasteiger partial charge in [-0.1, -0.05) is 49.4 Å². The molecule has 0 aliphatic rings. The van der Waals surface area contributed by atoms with E-state index in [2.05, 4.69) is 68.4 Å². The Balaban J connectivity index is 2.39. The van der Waals surface area contributed by atoms with E-state index in [0.717, 1.165) is 18.7 Å². The Hall–Kier alpha value is -1.80. The van der Waals surface area contributed by atoms with Gasteiger partial charge >= 0.3 is 0 Å². The monoisotopic (exact) mass is 283 g/mol. The molecule has 0 spiro atoms. The molecule has 0 N–H and O–H groups in total. The smallest absolute Gasteiger partial charge is 0.118 e. The standard InChI is InChI=1S/C19H25NO/c1-19(14-15-20(2)3,16-8-6-5-7-9-16)17-10-12-18(21-4)13-11-17/h5-13H,14-15H2,1-4H3/t19-/m0/s1. The summed E-state index contributed by atoms with van der Waals surface area (Å²) in [7, 11) is 5.95. The lowest BCUT2D eigenvalue weighted by Gasteiger charge is -2.32. The van der Waals surface area contributed by atoms with Crippen LogP contribution in [-0.2, 0) is 5.41 Å². The predicted octanol–water partition coefficient (Wildman–Crippen LogP) is 3.95. The van der Waals surface area contributed by atoms with Gasteiger partial charge in [0, 0.05) is 5.41 Å². The van der Waals surface area contributed by atoms with Crippen molar-refractivity contribution in [3.63, 3.8) is 0 Å². The van der Waals surface area contributed by atoms with Gasteiger partial charge in [0.1, 0.15) is 5.75 Å². The Morgan fingerprint density at radius 2 is 1.48 bits per heavy atom. The Morgan fingerprint density at radius 3 is 2.00 bits per heavy atom. The largest absolute Gasteiger partial charge is 0.497 e. The van der Waals surface area contributed by atoms with E-state index in [1.165, 1.54) is 11.1 Å². The van der Waals surface area contributed by atoms with Crippen LogP contribution in [0.1, 0.15) is 24.5 Å². The average Bonchev–Trinajstić information content (AvgIpc) is 2.53. The van der Waals surface area contributed by atoms with Crippen molar-refractivity contribution in [2.24, 2.45) is 0 Å². The van der Waals surface area contributed by atoms with E-state index >= 15 is 0 Å². The fraction of sp³-hybridized carbons (Fsp3) is 0.368. The molecule has 2 aromatic carbocycles. The highest BCUT2D eigenvalue weighted by atomic mass is 16.5. The molecule has 2 heteroatoms. The molecule has 0 amide bonds. The second-order valence-corrected chi connectivity index (χ2v) is 5.98. The summed E-state index contributed by atoms with van der Waals surface area (Å²) in [5.74, 6) is 0.904. The molecule has 0 fully saturated rings. The molecule has 21 heavy (non-hydrogen) atoms. The van der Waals surface area contributed by atoms with Crippen LogP contribution < -0.4 is 4.74 Å². The van der Waals surface area contributed by atoms with Crippen molar-refractivity contribution in [3.05, 3.63) is 65.7 Å². The third-order valence-electron chi connectivity index (χ3n) is 4.20. The van der Waals surface area contributed by atoms with Crippen LogP contribution in [0.25, 0.3) is 0 Å². The van der Waals surface area contributed by atoms with Crippen LogP contribution in [0.3, 0.4) is 0 Å². The van der Waals surface area contributed by atoms with Crippen molar-refractivity contribution in [1.29, 1.82) is 0 Å². The normalized spacial score (nSPS) is 14.0. The van der Waals surface area contributed by atoms with E-state index in [9.17, 15) is 0 Å². The van der Waals surface area contributed by atoms with Gasteiger partial charge in [0.05, 0.1) is 7.11 Å². The molecule has 2 nitrogen and oxygen atoms in total. The third-order valence-corrected chi connectivity index (χ3v) is 4.20. The maximum atomic E-state index is 5.28. The molecule has 1 atom stereocenters. The number of benzene rings is 2. The molecule has 0 aromatic heterocycles. The number of nitrogens with zero attached hydrogens (tertiary/aromatic N) is 1. The van der Waals surface area contributed by atoms with Crippen molar-refractivity contribution >= 4 is 0 Å². The maximum absolute atomic E-state index is 5.28. The summed E-state index contributed by atoms with van der Waals surface area (Å²) in [6.45, 7) is 3.38. The first-order chi connectivity index (χ1) is 10.1. The van der Waals surface area contributed by atoms with Crippen LogP contribution in [0.5, 0.6) is 5.75 Å². The Morgan fingerprint density at radius 1 is 0.905 bits per heavy atom. The lowest BCUT2D eigenvalue weighted by Crippen LogP contribution is -2.29. The Kier molecular flexibility index (Phi) is 5.03. The molecular weight excluding hydrogens is 258 g/mol. The summed E-state index contributed by atoms with van der Waals surface area (Å²) in [6.07, 6.45) is 1.08. The molecule has 2 aromatic rings. The van der Waals surface area contributed by atoms with E-state index in [0.29, 0.717) is 0 Å². The minimum absolute atomic E-state index is 0.0117. The van der Waals surface area contributed by atoms with Crippen LogP contribution in [0.4, 0.5) is 0 Å². The lowest BCUT2D eigenvalue weighted by atomic mass is 9.73. The number of hydrogen-bond acceptors (Lipinski definition) is 2. The second kappa shape index (κ2) is 6.77. The van der Waals surface area contributed by atoms with Gasteiger partial charge in [-0.05, 0) is 50.3 Å². The first-order valence-corrected chi connectivity index (χ1v) is 7.41. The summed E-state index contributed by atoms with van der Waals surface area (Å²) < 4.78 is 5.28. The topological polar surface area (TPSA) is 12.5 Å². The molecule has 0 unspecified atom stereocenters. The van der Waals surface area contributed by atoms with E-state index < -0.39 is 0 Å². The molecule has 0 bridgehead atoms. The number of ether oxygens (including phenoxy) is 1. The first kappa shape index (κ1) is 15.6. The summed E-state index contributed by atoms with van der Waals surface area (Å²) in [4.78, 5) is 2.24. The van der Waals surface area contributed by atoms with Gasteiger partial charge in [-0.25, -0.2) is 0 Å². The molecule has 0 saturated heterocycles. The first-order valence-electron chi connectivity index (χ1n) is 7.41. The van der Waals surface area contributed by atoms with Crippen LogP contribution >= 0.6 is 0 Å². The highest BCUT2D eigenvalue weighted by Crippen LogP contribution is 2.36. The molecule has 0 aliphatic heterocycles. The van der Waals surface area contributed by atoms with Gasteiger partial charge in [0.25, 0.3) is 0 Å². The van der Waals surface area contributed by atoms with Crippen molar-refractivity contribution < 1.29 is 4.74 Å². The summed E-state index contributed by atoms with van der Waals surface area (Å²) in [5, 5.41) is 0. The Labute approximate surface area is 128 Å². The summed E-state index contributed by atoms with van der Waals surface area (Å²) in [5.41, 5.74) is 2.70. The maximum Gasteiger partial charge on any atom is 0.118 e. The fourth-order valence-electron chi connectivity index (χ4n) is 2.67. The highest BCUT2D eigenvalue weighted by molar-refractivity contribution is 5.40. The number of rotatable bonds is 6. The summed E-state index contributed by atoms with van der Waals surface area (Å²) in [6, 6.07) is 19.2. The highest BCUT2D eigenvalue weighted by Gasteiger charge is 2.28. The van der Waals surface area contributed by atoms with Gasteiger partial charge in [-0.15, -0.1) is 0 Å². The van der Waals surface area contributed by atoms with E-state index in [4.69, 9.17) is 4.74 Å². The van der Waals surface area contributed by atoms with E-state index in [-0.39, 0.29) is 5.41 Å². The van der Waals surface area contributed by atoms with Crippen molar-refractivity contribution in [2.45, 2.75) is 18.8 Å². The number of hydrogen-bond donors (Lipinski definition) is 0. The van der Waals surface area contributed by atoms with Crippen LogP contribution in [0, 0.1) is 0 Å². The van der Waals surface area contributed by atoms with Gasteiger partial charge in [0.15, 0.2) is 0 Å². The predicted molar refractivity (Wildman–Crippen MR) is 89.1 cm³/mol. The van der Waals surface area contributed by atoms with Crippen molar-refractivity contribution in [1.82, 2.24) is 4.90 Å². The Bertz CT molecular complexity index is 548. The van der Waals surface area contributed by atoms with Gasteiger partial charge in [-0.2, -0.15) is 0 Å². The number of methoxy groups -OCH3 is 1.